The fourth-order valence-corrected chi connectivity index (χ4v) is 2.90. The molecule has 0 saturated heterocycles. The first-order valence-corrected chi connectivity index (χ1v) is 7.64. The predicted molar refractivity (Wildman–Crippen MR) is 80.4 cm³/mol. The number of hydrogen-bond acceptors (Lipinski definition) is 5. The summed E-state index contributed by atoms with van der Waals surface area (Å²) in [4.78, 5) is 8.39. The van der Waals surface area contributed by atoms with Crippen LogP contribution in [0.3, 0.4) is 0 Å². The molecule has 0 amide bonds. The Morgan fingerprint density at radius 2 is 1.84 bits per heavy atom. The van der Waals surface area contributed by atoms with Gasteiger partial charge in [-0.2, -0.15) is 0 Å². The lowest BCUT2D eigenvalue weighted by Crippen LogP contribution is -2.39. The lowest BCUT2D eigenvalue weighted by Gasteiger charge is -2.32. The molecule has 2 rings (SSSR count). The summed E-state index contributed by atoms with van der Waals surface area (Å²) in [7, 11) is 0. The Bertz CT molecular complexity index is 421. The molecule has 106 valence electrons. The van der Waals surface area contributed by atoms with Crippen molar-refractivity contribution in [1.82, 2.24) is 9.97 Å². The van der Waals surface area contributed by atoms with E-state index in [2.05, 4.69) is 36.5 Å². The average molecular weight is 329 g/mol. The van der Waals surface area contributed by atoms with E-state index in [1.165, 1.54) is 12.7 Å². The Balaban J connectivity index is 2.00. The highest BCUT2D eigenvalue weighted by Gasteiger charge is 2.29. The maximum absolute atomic E-state index is 10.5. The number of halogens is 1. The van der Waals surface area contributed by atoms with E-state index < -0.39 is 5.60 Å². The van der Waals surface area contributed by atoms with Crippen molar-refractivity contribution < 1.29 is 5.11 Å². The van der Waals surface area contributed by atoms with E-state index >= 15 is 0 Å². The van der Waals surface area contributed by atoms with Gasteiger partial charge in [0.1, 0.15) is 22.4 Å². The number of rotatable bonds is 5. The normalized spacial score (nSPS) is 18.1. The van der Waals surface area contributed by atoms with Gasteiger partial charge >= 0.3 is 0 Å². The predicted octanol–water partition coefficient (Wildman–Crippen LogP) is 2.78. The van der Waals surface area contributed by atoms with Crippen molar-refractivity contribution in [2.24, 2.45) is 0 Å². The summed E-state index contributed by atoms with van der Waals surface area (Å²) in [5, 5.41) is 16.9. The van der Waals surface area contributed by atoms with Crippen LogP contribution in [0.15, 0.2) is 10.8 Å². The minimum absolute atomic E-state index is 0.536. The molecule has 0 spiro atoms. The van der Waals surface area contributed by atoms with Crippen LogP contribution in [0.5, 0.6) is 0 Å². The van der Waals surface area contributed by atoms with Crippen molar-refractivity contribution in [3.05, 3.63) is 10.8 Å². The zero-order valence-electron chi connectivity index (χ0n) is 11.2. The standard InChI is InChI=1S/C13H21BrN4O/c1-2-15-11-10(14)12(18-9-17-11)16-8-13(19)6-4-3-5-7-13/h9,19H,2-8H2,1H3,(H2,15,16,17,18). The van der Waals surface area contributed by atoms with Crippen LogP contribution >= 0.6 is 15.9 Å². The molecular weight excluding hydrogens is 308 g/mol. The molecule has 1 saturated carbocycles. The highest BCUT2D eigenvalue weighted by Crippen LogP contribution is 2.30. The average Bonchev–Trinajstić information content (AvgIpc) is 2.41. The van der Waals surface area contributed by atoms with Crippen LogP contribution in [0, 0.1) is 0 Å². The van der Waals surface area contributed by atoms with E-state index in [4.69, 9.17) is 0 Å². The van der Waals surface area contributed by atoms with Gasteiger partial charge < -0.3 is 15.7 Å². The van der Waals surface area contributed by atoms with Crippen molar-refractivity contribution in [3.63, 3.8) is 0 Å². The molecule has 1 aromatic heterocycles. The van der Waals surface area contributed by atoms with Crippen LogP contribution in [0.1, 0.15) is 39.0 Å². The Morgan fingerprint density at radius 3 is 2.47 bits per heavy atom. The summed E-state index contributed by atoms with van der Waals surface area (Å²) in [5.41, 5.74) is -0.596. The molecule has 0 radical (unpaired) electrons. The van der Waals surface area contributed by atoms with Crippen LogP contribution in [-0.2, 0) is 0 Å². The maximum atomic E-state index is 10.5. The number of aromatic nitrogens is 2. The molecule has 0 bridgehead atoms. The van der Waals surface area contributed by atoms with Crippen molar-refractivity contribution in [2.45, 2.75) is 44.6 Å². The van der Waals surface area contributed by atoms with Gasteiger partial charge in [0.05, 0.1) is 5.60 Å². The van der Waals surface area contributed by atoms with E-state index in [0.717, 1.165) is 48.3 Å². The molecule has 19 heavy (non-hydrogen) atoms. The fourth-order valence-electron chi connectivity index (χ4n) is 2.42. The minimum atomic E-state index is -0.596. The summed E-state index contributed by atoms with van der Waals surface area (Å²) >= 11 is 3.49. The largest absolute Gasteiger partial charge is 0.388 e. The van der Waals surface area contributed by atoms with Crippen molar-refractivity contribution in [2.75, 3.05) is 23.7 Å². The number of anilines is 2. The third-order valence-electron chi connectivity index (χ3n) is 3.50. The third-order valence-corrected chi connectivity index (χ3v) is 4.25. The molecular formula is C13H21BrN4O. The minimum Gasteiger partial charge on any atom is -0.388 e. The molecule has 6 heteroatoms. The molecule has 1 aliphatic rings. The van der Waals surface area contributed by atoms with E-state index in [9.17, 15) is 5.11 Å². The fraction of sp³-hybridized carbons (Fsp3) is 0.692. The Labute approximate surface area is 122 Å². The summed E-state index contributed by atoms with van der Waals surface area (Å²) in [6, 6.07) is 0. The van der Waals surface area contributed by atoms with E-state index in [-0.39, 0.29) is 0 Å². The van der Waals surface area contributed by atoms with Gasteiger partial charge in [-0.3, -0.25) is 0 Å². The van der Waals surface area contributed by atoms with Gasteiger partial charge in [-0.1, -0.05) is 19.3 Å². The lowest BCUT2D eigenvalue weighted by atomic mass is 9.85. The summed E-state index contributed by atoms with van der Waals surface area (Å²) in [6.45, 7) is 3.36. The number of nitrogens with one attached hydrogen (secondary N) is 2. The van der Waals surface area contributed by atoms with E-state index in [1.807, 2.05) is 6.92 Å². The van der Waals surface area contributed by atoms with Crippen molar-refractivity contribution >= 4 is 27.6 Å². The Morgan fingerprint density at radius 1 is 1.21 bits per heavy atom. The van der Waals surface area contributed by atoms with Gasteiger partial charge in [0, 0.05) is 13.1 Å². The third kappa shape index (κ3) is 3.79. The SMILES string of the molecule is CCNc1ncnc(NCC2(O)CCCCC2)c1Br. The van der Waals surface area contributed by atoms with Gasteiger partial charge in [-0.05, 0) is 35.7 Å². The van der Waals surface area contributed by atoms with Crippen molar-refractivity contribution in [1.29, 1.82) is 0 Å². The smallest absolute Gasteiger partial charge is 0.146 e. The number of aliphatic hydroxyl groups is 1. The molecule has 0 aromatic carbocycles. The zero-order chi connectivity index (χ0) is 13.7. The summed E-state index contributed by atoms with van der Waals surface area (Å²) < 4.78 is 0.816. The molecule has 1 aliphatic carbocycles. The lowest BCUT2D eigenvalue weighted by molar-refractivity contribution is 0.0166. The second-order valence-electron chi connectivity index (χ2n) is 5.05. The molecule has 1 aromatic rings. The first-order valence-electron chi connectivity index (χ1n) is 6.85. The highest BCUT2D eigenvalue weighted by atomic mass is 79.9. The highest BCUT2D eigenvalue weighted by molar-refractivity contribution is 9.10. The molecule has 1 fully saturated rings. The monoisotopic (exact) mass is 328 g/mol. The van der Waals surface area contributed by atoms with Gasteiger partial charge in [-0.15, -0.1) is 0 Å². The quantitative estimate of drug-likeness (QED) is 0.775. The van der Waals surface area contributed by atoms with E-state index in [0.29, 0.717) is 6.54 Å². The first kappa shape index (κ1) is 14.5. The van der Waals surface area contributed by atoms with Crippen LogP contribution in [0.2, 0.25) is 0 Å². The second kappa shape index (κ2) is 6.52. The molecule has 5 nitrogen and oxygen atoms in total. The number of nitrogens with zero attached hydrogens (tertiary/aromatic N) is 2. The molecule has 0 atom stereocenters. The summed E-state index contributed by atoms with van der Waals surface area (Å²) in [6.07, 6.45) is 6.68. The van der Waals surface area contributed by atoms with Crippen LogP contribution in [-0.4, -0.2) is 33.8 Å². The van der Waals surface area contributed by atoms with Gasteiger partial charge in [-0.25, -0.2) is 9.97 Å². The first-order chi connectivity index (χ1) is 9.14. The maximum Gasteiger partial charge on any atom is 0.146 e. The molecule has 1 heterocycles. The van der Waals surface area contributed by atoms with Gasteiger partial charge in [0.25, 0.3) is 0 Å². The van der Waals surface area contributed by atoms with Crippen LogP contribution < -0.4 is 10.6 Å². The second-order valence-corrected chi connectivity index (χ2v) is 5.85. The molecule has 0 unspecified atom stereocenters. The molecule has 0 aliphatic heterocycles. The molecule has 3 N–H and O–H groups in total. The topological polar surface area (TPSA) is 70.1 Å². The van der Waals surface area contributed by atoms with Gasteiger partial charge in [0.2, 0.25) is 0 Å². The Kier molecular flexibility index (Phi) is 4.99. The van der Waals surface area contributed by atoms with Crippen molar-refractivity contribution in [3.8, 4) is 0 Å². The van der Waals surface area contributed by atoms with E-state index in [1.54, 1.807) is 0 Å². The van der Waals surface area contributed by atoms with Gasteiger partial charge in [0.15, 0.2) is 0 Å². The van der Waals surface area contributed by atoms with Crippen LogP contribution in [0.25, 0.3) is 0 Å². The Hall–Kier alpha value is -0.880. The zero-order valence-corrected chi connectivity index (χ0v) is 12.8. The van der Waals surface area contributed by atoms with Crippen LogP contribution in [0.4, 0.5) is 11.6 Å². The summed E-state index contributed by atoms with van der Waals surface area (Å²) in [5.74, 6) is 1.50. The number of hydrogen-bond donors (Lipinski definition) is 3.